The molecule has 0 unspecified atom stereocenters. The van der Waals surface area contributed by atoms with Gasteiger partial charge in [0.25, 0.3) is 0 Å². The van der Waals surface area contributed by atoms with E-state index < -0.39 is 0 Å². The van der Waals surface area contributed by atoms with Crippen LogP contribution in [0.25, 0.3) is 0 Å². The number of nitrogens with one attached hydrogen (secondary N) is 1. The van der Waals surface area contributed by atoms with Crippen molar-refractivity contribution in [1.82, 2.24) is 5.32 Å². The van der Waals surface area contributed by atoms with E-state index in [0.29, 0.717) is 12.0 Å². The third kappa shape index (κ3) is 3.41. The Labute approximate surface area is 122 Å². The maximum Gasteiger partial charge on any atom is 0.126 e. The van der Waals surface area contributed by atoms with E-state index >= 15 is 0 Å². The van der Waals surface area contributed by atoms with Gasteiger partial charge in [0.2, 0.25) is 0 Å². The highest BCUT2D eigenvalue weighted by atomic mass is 19.1. The van der Waals surface area contributed by atoms with Crippen molar-refractivity contribution in [2.45, 2.75) is 63.3 Å². The molecule has 110 valence electrons. The molecule has 1 aromatic rings. The fourth-order valence-corrected chi connectivity index (χ4v) is 3.81. The van der Waals surface area contributed by atoms with Crippen LogP contribution in [0.15, 0.2) is 24.3 Å². The summed E-state index contributed by atoms with van der Waals surface area (Å²) in [6.07, 6.45) is 10.7. The van der Waals surface area contributed by atoms with Crippen LogP contribution in [0.2, 0.25) is 0 Å². The van der Waals surface area contributed by atoms with Crippen LogP contribution in [-0.2, 0) is 0 Å². The SMILES string of the molecule is Fc1ccccc1C1CC(NCCC2CCCCC2)C1. The van der Waals surface area contributed by atoms with Crippen LogP contribution in [0, 0.1) is 11.7 Å². The van der Waals surface area contributed by atoms with Crippen LogP contribution >= 0.6 is 0 Å². The second kappa shape index (κ2) is 6.71. The van der Waals surface area contributed by atoms with Crippen LogP contribution < -0.4 is 5.32 Å². The molecule has 1 N–H and O–H groups in total. The van der Waals surface area contributed by atoms with E-state index in [1.165, 1.54) is 38.5 Å². The summed E-state index contributed by atoms with van der Waals surface area (Å²) in [6, 6.07) is 7.86. The molecule has 0 saturated heterocycles. The van der Waals surface area contributed by atoms with Crippen molar-refractivity contribution in [2.75, 3.05) is 6.54 Å². The number of rotatable bonds is 5. The van der Waals surface area contributed by atoms with Crippen molar-refractivity contribution in [3.8, 4) is 0 Å². The van der Waals surface area contributed by atoms with Gasteiger partial charge >= 0.3 is 0 Å². The average molecular weight is 275 g/mol. The zero-order valence-electron chi connectivity index (χ0n) is 12.3. The molecule has 2 fully saturated rings. The summed E-state index contributed by atoms with van der Waals surface area (Å²) in [4.78, 5) is 0. The van der Waals surface area contributed by atoms with Gasteiger partial charge in [0.05, 0.1) is 0 Å². The first-order valence-electron chi connectivity index (χ1n) is 8.30. The van der Waals surface area contributed by atoms with E-state index in [9.17, 15) is 4.39 Å². The van der Waals surface area contributed by atoms with Crippen LogP contribution in [0.1, 0.15) is 62.8 Å². The fraction of sp³-hybridized carbons (Fsp3) is 0.667. The molecular weight excluding hydrogens is 249 g/mol. The molecule has 2 aliphatic carbocycles. The zero-order valence-corrected chi connectivity index (χ0v) is 12.3. The van der Waals surface area contributed by atoms with Gasteiger partial charge in [-0.15, -0.1) is 0 Å². The molecule has 2 heteroatoms. The minimum absolute atomic E-state index is 0.0295. The third-order valence-corrected chi connectivity index (χ3v) is 5.19. The minimum atomic E-state index is -0.0295. The molecule has 0 spiro atoms. The van der Waals surface area contributed by atoms with Crippen LogP contribution in [0.3, 0.4) is 0 Å². The highest BCUT2D eigenvalue weighted by molar-refractivity contribution is 5.24. The Hall–Kier alpha value is -0.890. The maximum atomic E-state index is 13.7. The molecule has 3 rings (SSSR count). The van der Waals surface area contributed by atoms with Crippen molar-refractivity contribution in [1.29, 1.82) is 0 Å². The lowest BCUT2D eigenvalue weighted by atomic mass is 9.75. The highest BCUT2D eigenvalue weighted by Crippen LogP contribution is 2.38. The number of hydrogen-bond donors (Lipinski definition) is 1. The van der Waals surface area contributed by atoms with Gasteiger partial charge in [-0.2, -0.15) is 0 Å². The predicted molar refractivity (Wildman–Crippen MR) is 81.4 cm³/mol. The summed E-state index contributed by atoms with van der Waals surface area (Å²) in [5, 5.41) is 3.66. The maximum absolute atomic E-state index is 13.7. The van der Waals surface area contributed by atoms with Gasteiger partial charge in [-0.3, -0.25) is 0 Å². The summed E-state index contributed by atoms with van der Waals surface area (Å²) < 4.78 is 13.7. The standard InChI is InChI=1S/C18H26FN/c19-18-9-5-4-8-17(18)15-12-16(13-15)20-11-10-14-6-2-1-3-7-14/h4-5,8-9,14-16,20H,1-3,6-7,10-13H2. The molecular formula is C18H26FN. The van der Waals surface area contributed by atoms with E-state index in [4.69, 9.17) is 0 Å². The van der Waals surface area contributed by atoms with E-state index in [0.717, 1.165) is 30.9 Å². The van der Waals surface area contributed by atoms with E-state index in [-0.39, 0.29) is 5.82 Å². The first-order valence-corrected chi connectivity index (χ1v) is 8.30. The van der Waals surface area contributed by atoms with E-state index in [1.807, 2.05) is 12.1 Å². The molecule has 2 saturated carbocycles. The Morgan fingerprint density at radius 2 is 1.80 bits per heavy atom. The Morgan fingerprint density at radius 3 is 2.55 bits per heavy atom. The molecule has 0 heterocycles. The van der Waals surface area contributed by atoms with Crippen LogP contribution in [-0.4, -0.2) is 12.6 Å². The Kier molecular flexibility index (Phi) is 4.72. The smallest absolute Gasteiger partial charge is 0.126 e. The number of benzene rings is 1. The van der Waals surface area contributed by atoms with Gasteiger partial charge in [0.15, 0.2) is 0 Å². The van der Waals surface area contributed by atoms with Crippen LogP contribution in [0.5, 0.6) is 0 Å². The third-order valence-electron chi connectivity index (χ3n) is 5.19. The molecule has 0 amide bonds. The van der Waals surface area contributed by atoms with Gasteiger partial charge in [-0.1, -0.05) is 50.3 Å². The summed E-state index contributed by atoms with van der Waals surface area (Å²) in [7, 11) is 0. The molecule has 2 aliphatic rings. The first-order chi connectivity index (χ1) is 9.83. The average Bonchev–Trinajstić information content (AvgIpc) is 2.44. The second-order valence-electron chi connectivity index (χ2n) is 6.63. The molecule has 1 nitrogen and oxygen atoms in total. The van der Waals surface area contributed by atoms with Crippen molar-refractivity contribution in [2.24, 2.45) is 5.92 Å². The predicted octanol–water partition coefficient (Wildman–Crippen LogP) is 4.63. The second-order valence-corrected chi connectivity index (χ2v) is 6.63. The topological polar surface area (TPSA) is 12.0 Å². The Morgan fingerprint density at radius 1 is 1.05 bits per heavy atom. The quantitative estimate of drug-likeness (QED) is 0.826. The summed E-state index contributed by atoms with van der Waals surface area (Å²) >= 11 is 0. The summed E-state index contributed by atoms with van der Waals surface area (Å²) in [5.41, 5.74) is 0.915. The normalized spacial score (nSPS) is 27.2. The van der Waals surface area contributed by atoms with Gasteiger partial charge in [-0.25, -0.2) is 4.39 Å². The van der Waals surface area contributed by atoms with E-state index in [1.54, 1.807) is 12.1 Å². The molecule has 0 atom stereocenters. The lowest BCUT2D eigenvalue weighted by molar-refractivity contribution is 0.267. The van der Waals surface area contributed by atoms with Crippen molar-refractivity contribution in [3.63, 3.8) is 0 Å². The zero-order chi connectivity index (χ0) is 13.8. The molecule has 0 aromatic heterocycles. The monoisotopic (exact) mass is 275 g/mol. The molecule has 0 aliphatic heterocycles. The fourth-order valence-electron chi connectivity index (χ4n) is 3.81. The number of hydrogen-bond acceptors (Lipinski definition) is 1. The Bertz CT molecular complexity index is 419. The largest absolute Gasteiger partial charge is 0.314 e. The van der Waals surface area contributed by atoms with E-state index in [2.05, 4.69) is 5.32 Å². The minimum Gasteiger partial charge on any atom is -0.314 e. The van der Waals surface area contributed by atoms with Crippen LogP contribution in [0.4, 0.5) is 4.39 Å². The lowest BCUT2D eigenvalue weighted by Crippen LogP contribution is -2.41. The molecule has 0 radical (unpaired) electrons. The summed E-state index contributed by atoms with van der Waals surface area (Å²) in [6.45, 7) is 1.15. The molecule has 1 aromatic carbocycles. The number of halogens is 1. The van der Waals surface area contributed by atoms with Crippen molar-refractivity contribution >= 4 is 0 Å². The van der Waals surface area contributed by atoms with Gasteiger partial charge in [0, 0.05) is 6.04 Å². The van der Waals surface area contributed by atoms with Gasteiger partial charge in [-0.05, 0) is 49.3 Å². The van der Waals surface area contributed by atoms with Gasteiger partial charge < -0.3 is 5.32 Å². The molecule has 20 heavy (non-hydrogen) atoms. The highest BCUT2D eigenvalue weighted by Gasteiger charge is 2.31. The summed E-state index contributed by atoms with van der Waals surface area (Å²) in [5.74, 6) is 1.36. The first kappa shape index (κ1) is 14.1. The van der Waals surface area contributed by atoms with Gasteiger partial charge in [0.1, 0.15) is 5.82 Å². The molecule has 0 bridgehead atoms. The van der Waals surface area contributed by atoms with Crippen molar-refractivity contribution < 1.29 is 4.39 Å². The Balaban J connectivity index is 1.35. The lowest BCUT2D eigenvalue weighted by Gasteiger charge is -2.37. The van der Waals surface area contributed by atoms with Crippen molar-refractivity contribution in [3.05, 3.63) is 35.6 Å².